The van der Waals surface area contributed by atoms with Gasteiger partial charge in [-0.05, 0) is 6.92 Å². The number of nitrogens with one attached hydrogen (secondary N) is 1. The molecule has 2 heterocycles. The molecule has 2 rings (SSSR count). The molecule has 0 saturated carbocycles. The van der Waals surface area contributed by atoms with E-state index in [2.05, 4.69) is 15.4 Å². The number of amides is 2. The van der Waals surface area contributed by atoms with Gasteiger partial charge < -0.3 is 15.8 Å². The number of ether oxygens (including phenoxy) is 1. The van der Waals surface area contributed by atoms with Crippen LogP contribution in [0.15, 0.2) is 12.3 Å². The maximum atomic E-state index is 11.0. The molecule has 1 atom stereocenters. The van der Waals surface area contributed by atoms with Gasteiger partial charge in [0.05, 0.1) is 23.7 Å². The highest BCUT2D eigenvalue weighted by molar-refractivity contribution is 6.29. The lowest BCUT2D eigenvalue weighted by atomic mass is 10.2. The van der Waals surface area contributed by atoms with Crippen LogP contribution in [0, 0.1) is 0 Å². The lowest BCUT2D eigenvalue weighted by molar-refractivity contribution is 0.114. The molecule has 2 aromatic heterocycles. The molecule has 2 amide bonds. The Morgan fingerprint density at radius 1 is 1.67 bits per heavy atom. The number of hydrogen-bond acceptors (Lipinski definition) is 4. The number of urea groups is 1. The first-order chi connectivity index (χ1) is 8.52. The van der Waals surface area contributed by atoms with Crippen molar-refractivity contribution in [1.29, 1.82) is 0 Å². The van der Waals surface area contributed by atoms with E-state index in [1.807, 2.05) is 6.92 Å². The monoisotopic (exact) mass is 269 g/mol. The fourth-order valence-corrected chi connectivity index (χ4v) is 1.83. The Hall–Kier alpha value is -1.86. The smallest absolute Gasteiger partial charge is 0.316 e. The fraction of sp³-hybridized carbons (Fsp3) is 0.300. The number of rotatable bonds is 3. The van der Waals surface area contributed by atoms with E-state index in [-0.39, 0.29) is 6.10 Å². The van der Waals surface area contributed by atoms with Gasteiger partial charge in [0.2, 0.25) is 0 Å². The van der Waals surface area contributed by atoms with Crippen molar-refractivity contribution >= 4 is 29.0 Å². The Kier molecular flexibility index (Phi) is 3.35. The standard InChI is InChI=1S/C10H12ClN5O2/c1-5(18-2)9-6(14-10(12)17)4-13-8-3-7(11)15-16(8)9/h3-5H,1-2H3,(H3,12,14,17)/t5-/m0/s1. The van der Waals surface area contributed by atoms with E-state index in [1.54, 1.807) is 13.2 Å². The molecule has 0 aliphatic heterocycles. The number of fused-ring (bicyclic) bond motifs is 1. The Bertz CT molecular complexity index is 597. The summed E-state index contributed by atoms with van der Waals surface area (Å²) in [5.74, 6) is 0. The van der Waals surface area contributed by atoms with E-state index in [0.29, 0.717) is 22.2 Å². The lowest BCUT2D eigenvalue weighted by Gasteiger charge is -2.15. The number of methoxy groups -OCH3 is 1. The van der Waals surface area contributed by atoms with Crippen molar-refractivity contribution in [3.63, 3.8) is 0 Å². The first-order valence-corrected chi connectivity index (χ1v) is 5.54. The number of nitrogens with zero attached hydrogens (tertiary/aromatic N) is 3. The van der Waals surface area contributed by atoms with Crippen LogP contribution in [0.5, 0.6) is 0 Å². The number of aromatic nitrogens is 3. The quantitative estimate of drug-likeness (QED) is 0.884. The predicted octanol–water partition coefficient (Wildman–Crippen LogP) is 1.58. The molecule has 0 spiro atoms. The second-order valence-electron chi connectivity index (χ2n) is 3.66. The molecule has 0 aliphatic rings. The maximum Gasteiger partial charge on any atom is 0.316 e. The molecule has 0 bridgehead atoms. The van der Waals surface area contributed by atoms with Gasteiger partial charge in [-0.25, -0.2) is 14.3 Å². The van der Waals surface area contributed by atoms with Crippen LogP contribution in [0.25, 0.3) is 5.65 Å². The SMILES string of the molecule is CO[C@@H](C)c1c(NC(N)=O)cnc2cc(Cl)nn12. The van der Waals surface area contributed by atoms with Gasteiger partial charge in [-0.1, -0.05) is 11.6 Å². The highest BCUT2D eigenvalue weighted by Gasteiger charge is 2.18. The molecular formula is C10H12ClN5O2. The van der Waals surface area contributed by atoms with E-state index < -0.39 is 6.03 Å². The number of primary amides is 1. The third-order valence-electron chi connectivity index (χ3n) is 2.49. The highest BCUT2D eigenvalue weighted by atomic mass is 35.5. The van der Waals surface area contributed by atoms with E-state index in [1.165, 1.54) is 10.7 Å². The van der Waals surface area contributed by atoms with E-state index in [0.717, 1.165) is 0 Å². The third kappa shape index (κ3) is 2.22. The van der Waals surface area contributed by atoms with Crippen molar-refractivity contribution in [2.75, 3.05) is 12.4 Å². The Morgan fingerprint density at radius 3 is 3.00 bits per heavy atom. The number of carbonyl (C=O) groups excluding carboxylic acids is 1. The Morgan fingerprint density at radius 2 is 2.39 bits per heavy atom. The van der Waals surface area contributed by atoms with Crippen LogP contribution in [-0.2, 0) is 4.74 Å². The fourth-order valence-electron chi connectivity index (χ4n) is 1.66. The van der Waals surface area contributed by atoms with Crippen molar-refractivity contribution in [3.05, 3.63) is 23.1 Å². The second-order valence-corrected chi connectivity index (χ2v) is 4.05. The van der Waals surface area contributed by atoms with Crippen molar-refractivity contribution < 1.29 is 9.53 Å². The van der Waals surface area contributed by atoms with Crippen molar-refractivity contribution in [1.82, 2.24) is 14.6 Å². The molecule has 96 valence electrons. The van der Waals surface area contributed by atoms with Crippen LogP contribution in [0.2, 0.25) is 5.15 Å². The van der Waals surface area contributed by atoms with Crippen LogP contribution in [0.1, 0.15) is 18.7 Å². The van der Waals surface area contributed by atoms with Crippen LogP contribution < -0.4 is 11.1 Å². The minimum atomic E-state index is -0.682. The maximum absolute atomic E-state index is 11.0. The Balaban J connectivity index is 2.65. The van der Waals surface area contributed by atoms with E-state index in [9.17, 15) is 4.79 Å². The van der Waals surface area contributed by atoms with Gasteiger partial charge in [0.1, 0.15) is 0 Å². The van der Waals surface area contributed by atoms with Gasteiger partial charge in [-0.3, -0.25) is 0 Å². The average Bonchev–Trinajstić information content (AvgIpc) is 2.67. The van der Waals surface area contributed by atoms with Crippen LogP contribution >= 0.6 is 11.6 Å². The number of anilines is 1. The molecule has 0 aromatic carbocycles. The summed E-state index contributed by atoms with van der Waals surface area (Å²) in [5, 5.41) is 6.89. The molecular weight excluding hydrogens is 258 g/mol. The van der Waals surface area contributed by atoms with Crippen LogP contribution in [0.3, 0.4) is 0 Å². The van der Waals surface area contributed by atoms with Gasteiger partial charge in [-0.15, -0.1) is 0 Å². The average molecular weight is 270 g/mol. The molecule has 18 heavy (non-hydrogen) atoms. The zero-order chi connectivity index (χ0) is 13.3. The summed E-state index contributed by atoms with van der Waals surface area (Å²) in [6.07, 6.45) is 1.18. The van der Waals surface area contributed by atoms with Crippen LogP contribution in [0.4, 0.5) is 10.5 Å². The topological polar surface area (TPSA) is 94.5 Å². The predicted molar refractivity (Wildman–Crippen MR) is 66.6 cm³/mol. The zero-order valence-corrected chi connectivity index (χ0v) is 10.6. The summed E-state index contributed by atoms with van der Waals surface area (Å²) in [5.41, 5.74) is 6.73. The summed E-state index contributed by atoms with van der Waals surface area (Å²) < 4.78 is 6.77. The summed E-state index contributed by atoms with van der Waals surface area (Å²) in [6.45, 7) is 1.82. The minimum Gasteiger partial charge on any atom is -0.375 e. The van der Waals surface area contributed by atoms with Gasteiger partial charge >= 0.3 is 6.03 Å². The molecule has 0 aliphatic carbocycles. The van der Waals surface area contributed by atoms with Crippen molar-refractivity contribution in [2.24, 2.45) is 5.73 Å². The third-order valence-corrected chi connectivity index (χ3v) is 2.67. The number of halogens is 1. The van der Waals surface area contributed by atoms with Crippen molar-refractivity contribution in [3.8, 4) is 0 Å². The van der Waals surface area contributed by atoms with Gasteiger partial charge in [0.15, 0.2) is 10.8 Å². The summed E-state index contributed by atoms with van der Waals surface area (Å²) in [4.78, 5) is 15.1. The lowest BCUT2D eigenvalue weighted by Crippen LogP contribution is -2.22. The van der Waals surface area contributed by atoms with Crippen LogP contribution in [-0.4, -0.2) is 27.7 Å². The molecule has 8 heteroatoms. The summed E-state index contributed by atoms with van der Waals surface area (Å²) in [6, 6.07) is 0.931. The second kappa shape index (κ2) is 4.79. The molecule has 2 aromatic rings. The van der Waals surface area contributed by atoms with Gasteiger partial charge in [0.25, 0.3) is 0 Å². The minimum absolute atomic E-state index is 0.309. The number of hydrogen-bond donors (Lipinski definition) is 2. The number of nitrogens with two attached hydrogens (primary N) is 1. The molecule has 0 unspecified atom stereocenters. The van der Waals surface area contributed by atoms with Gasteiger partial charge in [-0.2, -0.15) is 5.10 Å². The van der Waals surface area contributed by atoms with E-state index in [4.69, 9.17) is 22.1 Å². The summed E-state index contributed by atoms with van der Waals surface area (Å²) >= 11 is 5.84. The molecule has 7 nitrogen and oxygen atoms in total. The molecule has 0 fully saturated rings. The highest BCUT2D eigenvalue weighted by Crippen LogP contribution is 2.26. The van der Waals surface area contributed by atoms with Gasteiger partial charge in [0, 0.05) is 13.2 Å². The molecule has 3 N–H and O–H groups in total. The molecule has 0 saturated heterocycles. The van der Waals surface area contributed by atoms with E-state index >= 15 is 0 Å². The molecule has 0 radical (unpaired) electrons. The summed E-state index contributed by atoms with van der Waals surface area (Å²) in [7, 11) is 1.55. The first kappa shape index (κ1) is 12.6. The first-order valence-electron chi connectivity index (χ1n) is 5.16. The largest absolute Gasteiger partial charge is 0.375 e. The van der Waals surface area contributed by atoms with Crippen molar-refractivity contribution in [2.45, 2.75) is 13.0 Å². The zero-order valence-electron chi connectivity index (χ0n) is 9.85. The number of carbonyl (C=O) groups is 1. The normalized spacial score (nSPS) is 12.6. The Labute approximate surface area is 108 Å².